The zero-order valence-electron chi connectivity index (χ0n) is 15.4. The Kier molecular flexibility index (Phi) is 4.46. The van der Waals surface area contributed by atoms with Gasteiger partial charge in [0.15, 0.2) is 5.69 Å². The molecule has 1 saturated carbocycles. The Hall–Kier alpha value is -1.42. The molecule has 1 aromatic rings. The van der Waals surface area contributed by atoms with Crippen LogP contribution >= 0.6 is 7.82 Å². The Morgan fingerprint density at radius 1 is 1.39 bits per heavy atom. The van der Waals surface area contributed by atoms with Crippen molar-refractivity contribution in [2.24, 2.45) is 17.3 Å². The fourth-order valence-electron chi connectivity index (χ4n) is 4.38. The van der Waals surface area contributed by atoms with E-state index in [1.165, 1.54) is 0 Å². The van der Waals surface area contributed by atoms with Crippen molar-refractivity contribution in [3.05, 3.63) is 11.8 Å². The van der Waals surface area contributed by atoms with E-state index in [9.17, 15) is 17.7 Å². The van der Waals surface area contributed by atoms with E-state index in [2.05, 4.69) is 14.5 Å². The predicted molar refractivity (Wildman–Crippen MR) is 93.8 cm³/mol. The molecule has 3 aliphatic rings. The third-order valence-corrected chi connectivity index (χ3v) is 6.82. The summed E-state index contributed by atoms with van der Waals surface area (Å²) in [5, 5.41) is 0. The van der Waals surface area contributed by atoms with Crippen molar-refractivity contribution in [2.45, 2.75) is 32.5 Å². The Bertz CT molecular complexity index is 835. The van der Waals surface area contributed by atoms with Gasteiger partial charge in [0.2, 0.25) is 5.95 Å². The van der Waals surface area contributed by atoms with Crippen LogP contribution in [0.1, 0.15) is 26.0 Å². The first-order valence-corrected chi connectivity index (χ1v) is 10.6. The lowest BCUT2D eigenvalue weighted by Gasteiger charge is -2.39. The number of rotatable bonds is 5. The molecule has 1 aliphatic carbocycles. The maximum absolute atomic E-state index is 13.3. The lowest BCUT2D eigenvalue weighted by Crippen LogP contribution is -2.47. The zero-order valence-corrected chi connectivity index (χ0v) is 16.3. The zero-order chi connectivity index (χ0) is 20.5. The molecule has 1 aromatic heterocycles. The summed E-state index contributed by atoms with van der Waals surface area (Å²) in [5.41, 5.74) is -1.22. The second-order valence-corrected chi connectivity index (χ2v) is 9.37. The van der Waals surface area contributed by atoms with E-state index < -0.39 is 19.7 Å². The number of fused-ring (bicyclic) bond motifs is 1. The summed E-state index contributed by atoms with van der Waals surface area (Å²) in [7, 11) is -4.53. The highest BCUT2D eigenvalue weighted by Gasteiger charge is 2.66. The second kappa shape index (κ2) is 6.29. The van der Waals surface area contributed by atoms with Gasteiger partial charge in [-0.25, -0.2) is 9.55 Å². The SMILES string of the molecule is C[C@H]1CCN1c1nc(N2CC3C(COP(=O)(O)O)C3(C)C2)cc(C(F)(F)F)n1. The standard InChI is InChI=1S/C16H22F3N4O4P/c1-9-3-4-23(9)14-20-12(16(17,18)19)5-13(21-14)22-6-10-11(15(10,2)8-22)7-27-28(24,25)26/h5,9-11H,3-4,6-8H2,1-2H3,(H2,24,25,26)/t9-,10?,11?,15?/m0/s1. The molecule has 0 spiro atoms. The van der Waals surface area contributed by atoms with Gasteiger partial charge in [0.25, 0.3) is 0 Å². The highest BCUT2D eigenvalue weighted by Crippen LogP contribution is 2.64. The van der Waals surface area contributed by atoms with Crippen molar-refractivity contribution in [3.63, 3.8) is 0 Å². The lowest BCUT2D eigenvalue weighted by molar-refractivity contribution is -0.141. The van der Waals surface area contributed by atoms with Crippen LogP contribution in [0.15, 0.2) is 6.07 Å². The van der Waals surface area contributed by atoms with Gasteiger partial charge in [-0.3, -0.25) is 4.52 Å². The average molecular weight is 422 g/mol. The quantitative estimate of drug-likeness (QED) is 0.698. The second-order valence-electron chi connectivity index (χ2n) is 8.13. The van der Waals surface area contributed by atoms with Crippen molar-refractivity contribution in [3.8, 4) is 0 Å². The summed E-state index contributed by atoms with van der Waals surface area (Å²) in [6, 6.07) is 1.08. The molecule has 2 N–H and O–H groups in total. The van der Waals surface area contributed by atoms with Crippen molar-refractivity contribution in [2.75, 3.05) is 36.0 Å². The summed E-state index contributed by atoms with van der Waals surface area (Å²) < 4.78 is 55.5. The van der Waals surface area contributed by atoms with Crippen LogP contribution in [0, 0.1) is 17.3 Å². The molecule has 156 valence electrons. The Morgan fingerprint density at radius 3 is 2.57 bits per heavy atom. The van der Waals surface area contributed by atoms with Crippen molar-refractivity contribution in [1.29, 1.82) is 0 Å². The number of alkyl halides is 3. The van der Waals surface area contributed by atoms with Crippen molar-refractivity contribution < 1.29 is 32.0 Å². The number of halogens is 3. The maximum Gasteiger partial charge on any atom is 0.469 e. The van der Waals surface area contributed by atoms with Crippen LogP contribution in [0.4, 0.5) is 24.9 Å². The molecule has 0 amide bonds. The number of phosphoric acid groups is 1. The molecule has 4 rings (SSSR count). The highest BCUT2D eigenvalue weighted by atomic mass is 31.2. The van der Waals surface area contributed by atoms with Crippen molar-refractivity contribution in [1.82, 2.24) is 9.97 Å². The number of piperidine rings is 1. The van der Waals surface area contributed by atoms with E-state index in [4.69, 9.17) is 9.79 Å². The first-order valence-electron chi connectivity index (χ1n) is 9.06. The first kappa shape index (κ1) is 19.9. The molecule has 2 aliphatic heterocycles. The molecule has 28 heavy (non-hydrogen) atoms. The largest absolute Gasteiger partial charge is 0.469 e. The van der Waals surface area contributed by atoms with Crippen LogP contribution in [-0.2, 0) is 15.3 Å². The van der Waals surface area contributed by atoms with Crippen LogP contribution in [-0.4, -0.2) is 52.0 Å². The molecule has 0 radical (unpaired) electrons. The number of nitrogens with zero attached hydrogens (tertiary/aromatic N) is 4. The highest BCUT2D eigenvalue weighted by molar-refractivity contribution is 7.46. The van der Waals surface area contributed by atoms with E-state index in [-0.39, 0.29) is 41.7 Å². The lowest BCUT2D eigenvalue weighted by atomic mass is 10.1. The minimum Gasteiger partial charge on any atom is -0.356 e. The van der Waals surface area contributed by atoms with Gasteiger partial charge < -0.3 is 19.6 Å². The van der Waals surface area contributed by atoms with Gasteiger partial charge >= 0.3 is 14.0 Å². The monoisotopic (exact) mass is 422 g/mol. The minimum absolute atomic E-state index is 0.0322. The number of hydrogen-bond acceptors (Lipinski definition) is 6. The Morgan fingerprint density at radius 2 is 2.11 bits per heavy atom. The van der Waals surface area contributed by atoms with E-state index in [1.807, 2.05) is 13.8 Å². The molecule has 3 fully saturated rings. The molecular formula is C16H22F3N4O4P. The third kappa shape index (κ3) is 3.49. The van der Waals surface area contributed by atoms with Gasteiger partial charge in [-0.15, -0.1) is 0 Å². The van der Waals surface area contributed by atoms with Crippen LogP contribution in [0.3, 0.4) is 0 Å². The van der Waals surface area contributed by atoms with Gasteiger partial charge in [-0.2, -0.15) is 18.2 Å². The molecule has 4 atom stereocenters. The van der Waals surface area contributed by atoms with Gasteiger partial charge in [0.05, 0.1) is 6.61 Å². The molecule has 0 aromatic carbocycles. The summed E-state index contributed by atoms with van der Waals surface area (Å²) in [5.74, 6) is 0.389. The summed E-state index contributed by atoms with van der Waals surface area (Å²) >= 11 is 0. The first-order chi connectivity index (χ1) is 12.9. The summed E-state index contributed by atoms with van der Waals surface area (Å²) in [6.45, 7) is 5.36. The molecule has 8 nitrogen and oxygen atoms in total. The smallest absolute Gasteiger partial charge is 0.356 e. The third-order valence-electron chi connectivity index (χ3n) is 6.33. The number of hydrogen-bond donors (Lipinski definition) is 2. The van der Waals surface area contributed by atoms with Crippen LogP contribution < -0.4 is 9.80 Å². The molecule has 3 heterocycles. The molecule has 12 heteroatoms. The topological polar surface area (TPSA) is 99.0 Å². The van der Waals surface area contributed by atoms with Crippen LogP contribution in [0.25, 0.3) is 0 Å². The van der Waals surface area contributed by atoms with Gasteiger partial charge in [0.1, 0.15) is 5.82 Å². The van der Waals surface area contributed by atoms with Crippen LogP contribution in [0.5, 0.6) is 0 Å². The van der Waals surface area contributed by atoms with E-state index in [1.54, 1.807) is 9.80 Å². The molecule has 3 unspecified atom stereocenters. The normalized spacial score (nSPS) is 32.3. The van der Waals surface area contributed by atoms with E-state index in [0.717, 1.165) is 12.5 Å². The fraction of sp³-hybridized carbons (Fsp3) is 0.750. The van der Waals surface area contributed by atoms with Gasteiger partial charge in [-0.05, 0) is 30.6 Å². The number of anilines is 2. The van der Waals surface area contributed by atoms with Gasteiger partial charge in [-0.1, -0.05) is 6.92 Å². The maximum atomic E-state index is 13.3. The number of phosphoric ester groups is 1. The molecule has 2 saturated heterocycles. The van der Waals surface area contributed by atoms with Gasteiger partial charge in [0, 0.05) is 31.7 Å². The van der Waals surface area contributed by atoms with Crippen LogP contribution in [0.2, 0.25) is 0 Å². The summed E-state index contributed by atoms with van der Waals surface area (Å²) in [6.07, 6.45) is -3.67. The average Bonchev–Trinajstić information content (AvgIpc) is 2.92. The predicted octanol–water partition coefficient (Wildman–Crippen LogP) is 2.28. The van der Waals surface area contributed by atoms with E-state index in [0.29, 0.717) is 19.6 Å². The molecular weight excluding hydrogens is 400 g/mol. The number of aromatic nitrogens is 2. The fourth-order valence-corrected chi connectivity index (χ4v) is 4.73. The van der Waals surface area contributed by atoms with Crippen molar-refractivity contribution >= 4 is 19.6 Å². The minimum atomic E-state index is -4.56. The van der Waals surface area contributed by atoms with E-state index >= 15 is 0 Å². The Balaban J connectivity index is 1.53. The summed E-state index contributed by atoms with van der Waals surface area (Å²) in [4.78, 5) is 29.4. The Labute approximate surface area is 160 Å². The molecule has 0 bridgehead atoms.